The summed E-state index contributed by atoms with van der Waals surface area (Å²) in [4.78, 5) is 6.14. The first-order valence-corrected chi connectivity index (χ1v) is 6.29. The van der Waals surface area contributed by atoms with Crippen molar-refractivity contribution in [2.24, 2.45) is 5.73 Å². The molecule has 1 aliphatic rings. The van der Waals surface area contributed by atoms with E-state index in [-0.39, 0.29) is 0 Å². The van der Waals surface area contributed by atoms with Gasteiger partial charge in [-0.3, -0.25) is 0 Å². The number of hydrogen-bond acceptors (Lipinski definition) is 3. The molecular weight excluding hydrogens is 192 g/mol. The molecule has 0 unspecified atom stereocenters. The van der Waals surface area contributed by atoms with Crippen molar-refractivity contribution in [3.05, 3.63) is 15.6 Å². The molecule has 0 saturated heterocycles. The third-order valence-electron chi connectivity index (χ3n) is 2.98. The van der Waals surface area contributed by atoms with Crippen molar-refractivity contribution >= 4 is 11.3 Å². The van der Waals surface area contributed by atoms with E-state index in [1.165, 1.54) is 41.3 Å². The molecule has 1 aliphatic carbocycles. The predicted octanol–water partition coefficient (Wildman–Crippen LogP) is 2.61. The Bertz CT molecular complexity index is 300. The van der Waals surface area contributed by atoms with Gasteiger partial charge >= 0.3 is 0 Å². The number of hydrogen-bond donors (Lipinski definition) is 1. The molecule has 1 aromatic heterocycles. The number of rotatable bonds is 3. The number of nitrogens with two attached hydrogens (primary N) is 1. The molecule has 0 bridgehead atoms. The van der Waals surface area contributed by atoms with Crippen LogP contribution in [0.15, 0.2) is 0 Å². The van der Waals surface area contributed by atoms with Gasteiger partial charge in [-0.15, -0.1) is 11.3 Å². The van der Waals surface area contributed by atoms with Crippen LogP contribution < -0.4 is 5.73 Å². The highest BCUT2D eigenvalue weighted by Crippen LogP contribution is 2.36. The Morgan fingerprint density at radius 3 is 2.79 bits per heavy atom. The van der Waals surface area contributed by atoms with E-state index in [0.29, 0.717) is 0 Å². The first-order chi connectivity index (χ1) is 6.81. The average Bonchev–Trinajstić information content (AvgIpc) is 2.74. The SMILES string of the molecule is Cc1sc(CCN)nc1C1CCCC1. The summed E-state index contributed by atoms with van der Waals surface area (Å²) in [5, 5.41) is 1.23. The predicted molar refractivity (Wildman–Crippen MR) is 60.8 cm³/mol. The van der Waals surface area contributed by atoms with Crippen molar-refractivity contribution < 1.29 is 0 Å². The lowest BCUT2D eigenvalue weighted by atomic mass is 10.0. The van der Waals surface area contributed by atoms with Crippen molar-refractivity contribution in [2.45, 2.75) is 44.9 Å². The van der Waals surface area contributed by atoms with E-state index in [2.05, 4.69) is 6.92 Å². The number of thiazole rings is 1. The molecule has 3 heteroatoms. The number of aryl methyl sites for hydroxylation is 1. The van der Waals surface area contributed by atoms with Gasteiger partial charge in [0.05, 0.1) is 10.7 Å². The van der Waals surface area contributed by atoms with Crippen LogP contribution in [0.25, 0.3) is 0 Å². The van der Waals surface area contributed by atoms with E-state index in [1.54, 1.807) is 0 Å². The van der Waals surface area contributed by atoms with Gasteiger partial charge in [0, 0.05) is 17.2 Å². The molecular formula is C11H18N2S. The minimum absolute atomic E-state index is 0.719. The summed E-state index contributed by atoms with van der Waals surface area (Å²) in [5.41, 5.74) is 6.91. The highest BCUT2D eigenvalue weighted by molar-refractivity contribution is 7.11. The van der Waals surface area contributed by atoms with Crippen LogP contribution >= 0.6 is 11.3 Å². The third-order valence-corrected chi connectivity index (χ3v) is 4.02. The van der Waals surface area contributed by atoms with Crippen molar-refractivity contribution in [1.29, 1.82) is 0 Å². The Hall–Kier alpha value is -0.410. The van der Waals surface area contributed by atoms with Crippen molar-refractivity contribution in [3.8, 4) is 0 Å². The molecule has 1 fully saturated rings. The van der Waals surface area contributed by atoms with Gasteiger partial charge in [-0.2, -0.15) is 0 Å². The van der Waals surface area contributed by atoms with Crippen LogP contribution in [-0.2, 0) is 6.42 Å². The summed E-state index contributed by atoms with van der Waals surface area (Å²) in [6, 6.07) is 0. The largest absolute Gasteiger partial charge is 0.330 e. The first-order valence-electron chi connectivity index (χ1n) is 5.47. The Morgan fingerprint density at radius 2 is 2.14 bits per heavy atom. The zero-order valence-corrected chi connectivity index (χ0v) is 9.57. The quantitative estimate of drug-likeness (QED) is 0.833. The van der Waals surface area contributed by atoms with Gasteiger partial charge in [-0.1, -0.05) is 12.8 Å². The second-order valence-electron chi connectivity index (χ2n) is 4.07. The van der Waals surface area contributed by atoms with Crippen LogP contribution in [0.3, 0.4) is 0 Å². The van der Waals surface area contributed by atoms with E-state index in [0.717, 1.165) is 18.9 Å². The summed E-state index contributed by atoms with van der Waals surface area (Å²) < 4.78 is 0. The molecule has 0 amide bonds. The van der Waals surface area contributed by atoms with Crippen molar-refractivity contribution in [2.75, 3.05) is 6.54 Å². The lowest BCUT2D eigenvalue weighted by Gasteiger charge is -2.05. The third kappa shape index (κ3) is 1.98. The zero-order chi connectivity index (χ0) is 9.97. The van der Waals surface area contributed by atoms with Gasteiger partial charge < -0.3 is 5.73 Å². The van der Waals surface area contributed by atoms with Gasteiger partial charge in [0.25, 0.3) is 0 Å². The number of aromatic nitrogens is 1. The van der Waals surface area contributed by atoms with E-state index >= 15 is 0 Å². The normalized spacial score (nSPS) is 17.9. The Kier molecular flexibility index (Phi) is 3.19. The lowest BCUT2D eigenvalue weighted by Crippen LogP contribution is -2.02. The molecule has 0 aliphatic heterocycles. The van der Waals surface area contributed by atoms with E-state index < -0.39 is 0 Å². The minimum atomic E-state index is 0.719. The standard InChI is InChI=1S/C11H18N2S/c1-8-11(9-4-2-3-5-9)13-10(14-8)6-7-12/h9H,2-7,12H2,1H3. The Labute approximate surface area is 89.5 Å². The molecule has 1 saturated carbocycles. The van der Waals surface area contributed by atoms with Crippen LogP contribution in [0.2, 0.25) is 0 Å². The van der Waals surface area contributed by atoms with Gasteiger partial charge in [-0.05, 0) is 26.3 Å². The van der Waals surface area contributed by atoms with E-state index in [4.69, 9.17) is 10.7 Å². The molecule has 1 heterocycles. The second kappa shape index (κ2) is 4.41. The molecule has 0 atom stereocenters. The van der Waals surface area contributed by atoms with Gasteiger partial charge in [-0.25, -0.2) is 4.98 Å². The maximum absolute atomic E-state index is 5.54. The van der Waals surface area contributed by atoms with Crippen LogP contribution in [-0.4, -0.2) is 11.5 Å². The molecule has 14 heavy (non-hydrogen) atoms. The first kappa shape index (κ1) is 10.1. The Balaban J connectivity index is 2.15. The van der Waals surface area contributed by atoms with Crippen LogP contribution in [0.5, 0.6) is 0 Å². The van der Waals surface area contributed by atoms with Crippen LogP contribution in [0.4, 0.5) is 0 Å². The van der Waals surface area contributed by atoms with E-state index in [1.807, 2.05) is 11.3 Å². The molecule has 2 rings (SSSR count). The topological polar surface area (TPSA) is 38.9 Å². The maximum atomic E-state index is 5.54. The molecule has 0 spiro atoms. The van der Waals surface area contributed by atoms with E-state index in [9.17, 15) is 0 Å². The summed E-state index contributed by atoms with van der Waals surface area (Å²) >= 11 is 1.83. The molecule has 2 N–H and O–H groups in total. The second-order valence-corrected chi connectivity index (χ2v) is 5.36. The highest BCUT2D eigenvalue weighted by Gasteiger charge is 2.21. The fourth-order valence-electron chi connectivity index (χ4n) is 2.27. The van der Waals surface area contributed by atoms with Gasteiger partial charge in [0.2, 0.25) is 0 Å². The van der Waals surface area contributed by atoms with Crippen molar-refractivity contribution in [3.63, 3.8) is 0 Å². The maximum Gasteiger partial charge on any atom is 0.0943 e. The monoisotopic (exact) mass is 210 g/mol. The highest BCUT2D eigenvalue weighted by atomic mass is 32.1. The van der Waals surface area contributed by atoms with Crippen molar-refractivity contribution in [1.82, 2.24) is 4.98 Å². The zero-order valence-electron chi connectivity index (χ0n) is 8.75. The molecule has 1 aromatic rings. The summed E-state index contributed by atoms with van der Waals surface area (Å²) in [5.74, 6) is 0.748. The lowest BCUT2D eigenvalue weighted by molar-refractivity contribution is 0.694. The molecule has 0 aromatic carbocycles. The fourth-order valence-corrected chi connectivity index (χ4v) is 3.31. The summed E-state index contributed by atoms with van der Waals surface area (Å²) in [7, 11) is 0. The van der Waals surface area contributed by atoms with Gasteiger partial charge in [0.15, 0.2) is 0 Å². The summed E-state index contributed by atoms with van der Waals surface area (Å²) in [6.07, 6.45) is 6.39. The van der Waals surface area contributed by atoms with Gasteiger partial charge in [0.1, 0.15) is 0 Å². The average molecular weight is 210 g/mol. The number of nitrogens with zero attached hydrogens (tertiary/aromatic N) is 1. The van der Waals surface area contributed by atoms with Crippen LogP contribution in [0.1, 0.15) is 47.2 Å². The fraction of sp³-hybridized carbons (Fsp3) is 0.727. The Morgan fingerprint density at radius 1 is 1.43 bits per heavy atom. The minimum Gasteiger partial charge on any atom is -0.330 e. The summed E-state index contributed by atoms with van der Waals surface area (Å²) in [6.45, 7) is 2.92. The van der Waals surface area contributed by atoms with Crippen LogP contribution in [0, 0.1) is 6.92 Å². The molecule has 78 valence electrons. The smallest absolute Gasteiger partial charge is 0.0943 e. The molecule has 2 nitrogen and oxygen atoms in total. The molecule has 0 radical (unpaired) electrons.